The monoisotopic (exact) mass is 476 g/mol. The number of amides is 1. The number of carbonyl (C=O) groups is 1. The summed E-state index contributed by atoms with van der Waals surface area (Å²) in [5.41, 5.74) is 0.612. The van der Waals surface area contributed by atoms with Gasteiger partial charge in [-0.25, -0.2) is 0 Å². The highest BCUT2D eigenvalue weighted by Gasteiger charge is 2.16. The first kappa shape index (κ1) is 16.1. The Morgan fingerprint density at radius 3 is 2.38 bits per heavy atom. The minimum absolute atomic E-state index is 0.142. The van der Waals surface area contributed by atoms with Crippen molar-refractivity contribution in [3.63, 3.8) is 0 Å². The molecule has 1 amide bonds. The minimum atomic E-state index is -0.543. The standard InChI is InChI=1S/C13H7Br3N2O3/c14-7-1-3-11(16)12(5-7)17-13(19)9-6-8(18(20)21)2-4-10(9)15/h1-6H,(H,17,19). The summed E-state index contributed by atoms with van der Waals surface area (Å²) in [7, 11) is 0. The van der Waals surface area contributed by atoms with Crippen LogP contribution in [-0.4, -0.2) is 10.8 Å². The molecule has 0 saturated heterocycles. The highest BCUT2D eigenvalue weighted by molar-refractivity contribution is 9.11. The number of benzene rings is 2. The van der Waals surface area contributed by atoms with Gasteiger partial charge in [-0.05, 0) is 56.1 Å². The topological polar surface area (TPSA) is 72.2 Å². The summed E-state index contributed by atoms with van der Waals surface area (Å²) in [4.78, 5) is 22.5. The Morgan fingerprint density at radius 1 is 1.05 bits per heavy atom. The van der Waals surface area contributed by atoms with Crippen LogP contribution in [0.25, 0.3) is 0 Å². The van der Waals surface area contributed by atoms with Gasteiger partial charge in [0, 0.05) is 25.6 Å². The molecule has 8 heteroatoms. The molecule has 108 valence electrons. The Bertz CT molecular complexity index is 735. The van der Waals surface area contributed by atoms with Crippen LogP contribution in [0.5, 0.6) is 0 Å². The van der Waals surface area contributed by atoms with Gasteiger partial charge in [-0.2, -0.15) is 0 Å². The molecule has 0 heterocycles. The van der Waals surface area contributed by atoms with Crippen LogP contribution < -0.4 is 5.32 Å². The summed E-state index contributed by atoms with van der Waals surface area (Å²) < 4.78 is 2.00. The molecule has 2 aromatic rings. The number of anilines is 1. The molecule has 0 aliphatic heterocycles. The first-order chi connectivity index (χ1) is 9.88. The SMILES string of the molecule is O=C(Nc1cc(Br)ccc1Br)c1cc([N+](=O)[O-])ccc1Br. The van der Waals surface area contributed by atoms with Crippen molar-refractivity contribution in [1.82, 2.24) is 0 Å². The zero-order chi connectivity index (χ0) is 15.6. The fourth-order valence-corrected chi connectivity index (χ4v) is 2.72. The van der Waals surface area contributed by atoms with E-state index in [0.717, 1.165) is 4.47 Å². The molecule has 2 aromatic carbocycles. The summed E-state index contributed by atoms with van der Waals surface area (Å²) in [6, 6.07) is 9.36. The molecule has 0 aliphatic carbocycles. The van der Waals surface area contributed by atoms with Crippen LogP contribution in [0.2, 0.25) is 0 Å². The van der Waals surface area contributed by atoms with E-state index in [1.807, 2.05) is 6.07 Å². The van der Waals surface area contributed by atoms with Crippen LogP contribution in [0.15, 0.2) is 49.8 Å². The number of carbonyl (C=O) groups excluding carboxylic acids is 1. The lowest BCUT2D eigenvalue weighted by Crippen LogP contribution is -2.13. The average Bonchev–Trinajstić information content (AvgIpc) is 2.43. The first-order valence-corrected chi connectivity index (χ1v) is 7.96. The molecule has 21 heavy (non-hydrogen) atoms. The highest BCUT2D eigenvalue weighted by Crippen LogP contribution is 2.28. The van der Waals surface area contributed by atoms with Gasteiger partial charge in [0.05, 0.1) is 16.2 Å². The fourth-order valence-electron chi connectivity index (χ4n) is 1.58. The number of nitro benzene ring substituents is 1. The number of rotatable bonds is 3. The van der Waals surface area contributed by atoms with Crippen molar-refractivity contribution in [2.75, 3.05) is 5.32 Å². The van der Waals surface area contributed by atoms with E-state index in [0.29, 0.717) is 14.6 Å². The molecule has 0 fully saturated rings. The molecule has 5 nitrogen and oxygen atoms in total. The maximum absolute atomic E-state index is 12.3. The molecular formula is C13H7Br3N2O3. The smallest absolute Gasteiger partial charge is 0.270 e. The molecule has 1 N–H and O–H groups in total. The molecule has 2 rings (SSSR count). The van der Waals surface area contributed by atoms with Crippen LogP contribution in [-0.2, 0) is 0 Å². The maximum Gasteiger partial charge on any atom is 0.270 e. The third-order valence-electron chi connectivity index (χ3n) is 2.58. The van der Waals surface area contributed by atoms with Crippen molar-refractivity contribution in [1.29, 1.82) is 0 Å². The second-order valence-corrected chi connectivity index (χ2v) is 6.62. The quantitative estimate of drug-likeness (QED) is 0.490. The van der Waals surface area contributed by atoms with Crippen molar-refractivity contribution < 1.29 is 9.72 Å². The van der Waals surface area contributed by atoms with Gasteiger partial charge in [-0.1, -0.05) is 15.9 Å². The van der Waals surface area contributed by atoms with Crippen molar-refractivity contribution in [2.45, 2.75) is 0 Å². The molecular weight excluding hydrogens is 472 g/mol. The van der Waals surface area contributed by atoms with Gasteiger partial charge in [-0.3, -0.25) is 14.9 Å². The van der Waals surface area contributed by atoms with Gasteiger partial charge in [-0.15, -0.1) is 0 Å². The van der Waals surface area contributed by atoms with Gasteiger partial charge < -0.3 is 5.32 Å². The number of non-ortho nitro benzene ring substituents is 1. The van der Waals surface area contributed by atoms with Crippen LogP contribution >= 0.6 is 47.8 Å². The predicted molar refractivity (Wildman–Crippen MR) is 90.6 cm³/mol. The molecule has 0 unspecified atom stereocenters. The minimum Gasteiger partial charge on any atom is -0.321 e. The van der Waals surface area contributed by atoms with Crippen molar-refractivity contribution in [3.8, 4) is 0 Å². The summed E-state index contributed by atoms with van der Waals surface area (Å²) in [5, 5.41) is 13.5. The normalized spacial score (nSPS) is 10.2. The predicted octanol–water partition coefficient (Wildman–Crippen LogP) is 5.13. The van der Waals surface area contributed by atoms with Gasteiger partial charge in [0.15, 0.2) is 0 Å². The molecule has 0 atom stereocenters. The zero-order valence-electron chi connectivity index (χ0n) is 10.3. The number of nitrogens with one attached hydrogen (secondary N) is 1. The molecule has 0 bridgehead atoms. The molecule has 0 aromatic heterocycles. The second-order valence-electron chi connectivity index (χ2n) is 4.00. The van der Waals surface area contributed by atoms with Gasteiger partial charge in [0.25, 0.3) is 11.6 Å². The van der Waals surface area contributed by atoms with Crippen molar-refractivity contribution >= 4 is 65.1 Å². The lowest BCUT2D eigenvalue weighted by molar-refractivity contribution is -0.384. The van der Waals surface area contributed by atoms with Gasteiger partial charge in [0.2, 0.25) is 0 Å². The van der Waals surface area contributed by atoms with E-state index in [2.05, 4.69) is 53.1 Å². The Kier molecular flexibility index (Phi) is 5.13. The lowest BCUT2D eigenvalue weighted by Gasteiger charge is -2.09. The van der Waals surface area contributed by atoms with Crippen LogP contribution in [0.3, 0.4) is 0 Å². The van der Waals surface area contributed by atoms with E-state index >= 15 is 0 Å². The molecule has 0 radical (unpaired) electrons. The Hall–Kier alpha value is -1.25. The number of nitrogens with zero attached hydrogens (tertiary/aromatic N) is 1. The number of hydrogen-bond acceptors (Lipinski definition) is 3. The molecule has 0 saturated carbocycles. The van der Waals surface area contributed by atoms with E-state index in [4.69, 9.17) is 0 Å². The Morgan fingerprint density at radius 2 is 1.71 bits per heavy atom. The van der Waals surface area contributed by atoms with Crippen molar-refractivity contribution in [2.24, 2.45) is 0 Å². The van der Waals surface area contributed by atoms with Crippen LogP contribution in [0.1, 0.15) is 10.4 Å². The average molecular weight is 479 g/mol. The van der Waals surface area contributed by atoms with E-state index in [9.17, 15) is 14.9 Å². The van der Waals surface area contributed by atoms with Gasteiger partial charge >= 0.3 is 0 Å². The highest BCUT2D eigenvalue weighted by atomic mass is 79.9. The zero-order valence-corrected chi connectivity index (χ0v) is 15.0. The molecule has 0 aliphatic rings. The lowest BCUT2D eigenvalue weighted by atomic mass is 10.2. The van der Waals surface area contributed by atoms with E-state index < -0.39 is 10.8 Å². The van der Waals surface area contributed by atoms with E-state index in [1.165, 1.54) is 18.2 Å². The number of hydrogen-bond donors (Lipinski definition) is 1. The van der Waals surface area contributed by atoms with Crippen LogP contribution in [0, 0.1) is 10.1 Å². The van der Waals surface area contributed by atoms with Crippen LogP contribution in [0.4, 0.5) is 11.4 Å². The van der Waals surface area contributed by atoms with Gasteiger partial charge in [0.1, 0.15) is 0 Å². The summed E-state index contributed by atoms with van der Waals surface area (Å²) in [6.45, 7) is 0. The third-order valence-corrected chi connectivity index (χ3v) is 4.46. The van der Waals surface area contributed by atoms with Crippen molar-refractivity contribution in [3.05, 3.63) is 65.5 Å². The van der Waals surface area contributed by atoms with E-state index in [1.54, 1.807) is 12.1 Å². The Labute approximate surface area is 145 Å². The largest absolute Gasteiger partial charge is 0.321 e. The fraction of sp³-hybridized carbons (Fsp3) is 0. The molecule has 0 spiro atoms. The maximum atomic E-state index is 12.3. The first-order valence-electron chi connectivity index (χ1n) is 5.59. The number of nitro groups is 1. The third kappa shape index (κ3) is 3.90. The summed E-state index contributed by atoms with van der Waals surface area (Å²) in [5.74, 6) is -0.440. The number of halogens is 3. The second kappa shape index (κ2) is 6.67. The summed E-state index contributed by atoms with van der Waals surface area (Å²) in [6.07, 6.45) is 0. The Balaban J connectivity index is 2.34. The van der Waals surface area contributed by atoms with E-state index in [-0.39, 0.29) is 11.3 Å². The summed E-state index contributed by atoms with van der Waals surface area (Å²) >= 11 is 9.87.